The van der Waals surface area contributed by atoms with Crippen LogP contribution in [0.3, 0.4) is 0 Å². The zero-order valence-corrected chi connectivity index (χ0v) is 17.1. The van der Waals surface area contributed by atoms with Crippen molar-refractivity contribution in [3.05, 3.63) is 0 Å². The van der Waals surface area contributed by atoms with E-state index >= 15 is 0 Å². The Labute approximate surface area is 155 Å². The largest absolute Gasteiger partial charge is 0.399 e. The van der Waals surface area contributed by atoms with Crippen molar-refractivity contribution in [3.63, 3.8) is 0 Å². The van der Waals surface area contributed by atoms with Crippen LogP contribution in [0.25, 0.3) is 0 Å². The van der Waals surface area contributed by atoms with Crippen molar-refractivity contribution in [1.82, 2.24) is 0 Å². The van der Waals surface area contributed by atoms with Gasteiger partial charge in [-0.2, -0.15) is 8.42 Å². The maximum Gasteiger partial charge on any atom is 0.399 e. The molecule has 6 aliphatic rings. The maximum absolute atomic E-state index is 12.1. The summed E-state index contributed by atoms with van der Waals surface area (Å²) in [5.74, 6) is 0. The van der Waals surface area contributed by atoms with Crippen molar-refractivity contribution in [2.24, 2.45) is 10.8 Å². The third-order valence-electron chi connectivity index (χ3n) is 4.19. The second-order valence-electron chi connectivity index (χ2n) is 6.47. The van der Waals surface area contributed by atoms with Gasteiger partial charge >= 0.3 is 23.8 Å². The zero-order valence-electron chi connectivity index (χ0n) is 12.9. The highest BCUT2D eigenvalue weighted by molar-refractivity contribution is 8.07. The summed E-state index contributed by atoms with van der Waals surface area (Å²) in [6.45, 7) is -4.29. The van der Waals surface area contributed by atoms with Gasteiger partial charge in [0.1, 0.15) is 0 Å². The molecule has 6 aliphatic heterocycles. The van der Waals surface area contributed by atoms with Gasteiger partial charge in [0, 0.05) is 0 Å². The molecule has 0 aliphatic carbocycles. The van der Waals surface area contributed by atoms with E-state index in [0.717, 1.165) is 0 Å². The summed E-state index contributed by atoms with van der Waals surface area (Å²) in [7, 11) is -4.24. The van der Waals surface area contributed by atoms with E-state index in [1.807, 2.05) is 0 Å². The van der Waals surface area contributed by atoms with Crippen molar-refractivity contribution < 1.29 is 43.9 Å². The first-order chi connectivity index (χ1) is 11.7. The SMILES string of the molecule is O=S(=O)(OCC12COP(=S)(OC1)OC2)OCC12COP(=S)(OC1)OC2. The third kappa shape index (κ3) is 4.04. The number of rotatable bonds is 6. The highest BCUT2D eigenvalue weighted by atomic mass is 32.5. The quantitative estimate of drug-likeness (QED) is 0.531. The van der Waals surface area contributed by atoms with Crippen LogP contribution in [-0.4, -0.2) is 61.3 Å². The van der Waals surface area contributed by atoms with Crippen LogP contribution >= 0.6 is 13.4 Å². The summed E-state index contributed by atoms with van der Waals surface area (Å²) < 4.78 is 66.2. The van der Waals surface area contributed by atoms with Gasteiger partial charge in [0.2, 0.25) is 0 Å². The van der Waals surface area contributed by atoms with Crippen LogP contribution in [0.2, 0.25) is 0 Å². The summed E-state index contributed by atoms with van der Waals surface area (Å²) in [6.07, 6.45) is 0. The van der Waals surface area contributed by atoms with Crippen LogP contribution in [0, 0.1) is 10.8 Å². The monoisotopic (exact) mass is 454 g/mol. The molecule has 0 atom stereocenters. The molecule has 15 heteroatoms. The van der Waals surface area contributed by atoms with Crippen molar-refractivity contribution in [2.45, 2.75) is 0 Å². The van der Waals surface area contributed by atoms with E-state index in [1.54, 1.807) is 0 Å². The molecule has 6 heterocycles. The fourth-order valence-electron chi connectivity index (χ4n) is 2.45. The van der Waals surface area contributed by atoms with Crippen LogP contribution in [-0.2, 0) is 69.5 Å². The molecule has 0 N–H and O–H groups in total. The van der Waals surface area contributed by atoms with Crippen molar-refractivity contribution >= 4 is 47.4 Å². The van der Waals surface area contributed by atoms with Crippen LogP contribution in [0.15, 0.2) is 0 Å². The average Bonchev–Trinajstić information content (AvgIpc) is 2.62. The average molecular weight is 454 g/mol. The van der Waals surface area contributed by atoms with Gasteiger partial charge < -0.3 is 27.1 Å². The van der Waals surface area contributed by atoms with Gasteiger partial charge in [-0.15, -0.1) is 0 Å². The lowest BCUT2D eigenvalue weighted by atomic mass is 9.93. The molecule has 6 fully saturated rings. The molecule has 0 radical (unpaired) electrons. The molecule has 0 aromatic carbocycles. The lowest BCUT2D eigenvalue weighted by Crippen LogP contribution is -2.49. The van der Waals surface area contributed by atoms with Gasteiger partial charge in [-0.1, -0.05) is 0 Å². The summed E-state index contributed by atoms with van der Waals surface area (Å²) in [5.41, 5.74) is -1.43. The predicted octanol–water partition coefficient (Wildman–Crippen LogP) is 0.840. The minimum atomic E-state index is -4.24. The lowest BCUT2D eigenvalue weighted by Gasteiger charge is -2.46. The number of fused-ring (bicyclic) bond motifs is 6. The van der Waals surface area contributed by atoms with E-state index in [-0.39, 0.29) is 52.9 Å². The van der Waals surface area contributed by atoms with Crippen LogP contribution in [0.5, 0.6) is 0 Å². The smallest absolute Gasteiger partial charge is 0.308 e. The zero-order chi connectivity index (χ0) is 17.8. The molecule has 6 rings (SSSR count). The molecule has 0 spiro atoms. The van der Waals surface area contributed by atoms with E-state index in [2.05, 4.69) is 0 Å². The molecule has 0 unspecified atom stereocenters. The molecule has 0 amide bonds. The molecule has 144 valence electrons. The van der Waals surface area contributed by atoms with Gasteiger partial charge in [0.25, 0.3) is 0 Å². The Morgan fingerprint density at radius 1 is 0.720 bits per heavy atom. The Morgan fingerprint density at radius 3 is 1.28 bits per heavy atom. The Kier molecular flexibility index (Phi) is 4.99. The molecule has 10 nitrogen and oxygen atoms in total. The molecular formula is C10H16O10P2S3. The number of hydrogen-bond acceptors (Lipinski definition) is 12. The first-order valence-electron chi connectivity index (χ1n) is 7.27. The fraction of sp³-hybridized carbons (Fsp3) is 1.00. The molecule has 0 aromatic heterocycles. The lowest BCUT2D eigenvalue weighted by molar-refractivity contribution is -0.102. The Hall–Kier alpha value is 0.930. The van der Waals surface area contributed by atoms with Crippen molar-refractivity contribution in [3.8, 4) is 0 Å². The van der Waals surface area contributed by atoms with Crippen molar-refractivity contribution in [2.75, 3.05) is 52.9 Å². The highest BCUT2D eigenvalue weighted by Gasteiger charge is 2.50. The minimum Gasteiger partial charge on any atom is -0.308 e. The second-order valence-corrected chi connectivity index (χ2v) is 13.8. The van der Waals surface area contributed by atoms with Gasteiger partial charge in [-0.25, -0.2) is 8.37 Å². The molecular weight excluding hydrogens is 438 g/mol. The number of hydrogen-bond donors (Lipinski definition) is 0. The normalized spacial score (nSPS) is 46.4. The summed E-state index contributed by atoms with van der Waals surface area (Å²) in [5, 5.41) is 0. The maximum atomic E-state index is 12.1. The first-order valence-corrected chi connectivity index (χ1v) is 13.7. The summed E-state index contributed by atoms with van der Waals surface area (Å²) in [6, 6.07) is 0. The summed E-state index contributed by atoms with van der Waals surface area (Å²) >= 11 is 10.1. The van der Waals surface area contributed by atoms with Crippen LogP contribution in [0.4, 0.5) is 0 Å². The van der Waals surface area contributed by atoms with Crippen molar-refractivity contribution in [1.29, 1.82) is 0 Å². The van der Waals surface area contributed by atoms with Gasteiger partial charge in [-0.3, -0.25) is 0 Å². The minimum absolute atomic E-state index is 0.192. The third-order valence-corrected chi connectivity index (χ3v) is 9.57. The topological polar surface area (TPSA) is 108 Å². The standard InChI is InChI=1S/C10H16O10P2S3/c11-25(12,19-7-9-1-13-21(23,14-2-9)15-3-9)20-8-10-4-16-22(24,17-5-10)18-6-10/h1-8H2. The second kappa shape index (κ2) is 6.48. The highest BCUT2D eigenvalue weighted by Crippen LogP contribution is 2.61. The predicted molar refractivity (Wildman–Crippen MR) is 90.0 cm³/mol. The molecule has 25 heavy (non-hydrogen) atoms. The van der Waals surface area contributed by atoms with E-state index in [1.165, 1.54) is 0 Å². The van der Waals surface area contributed by atoms with E-state index in [4.69, 9.17) is 59.1 Å². The molecule has 0 aromatic rings. The van der Waals surface area contributed by atoms with Crippen LogP contribution < -0.4 is 0 Å². The van der Waals surface area contributed by atoms with Gasteiger partial charge in [0.05, 0.1) is 63.7 Å². The first kappa shape index (κ1) is 19.3. The summed E-state index contributed by atoms with van der Waals surface area (Å²) in [4.78, 5) is 0. The van der Waals surface area contributed by atoms with E-state index in [0.29, 0.717) is 0 Å². The van der Waals surface area contributed by atoms with Crippen LogP contribution in [0.1, 0.15) is 0 Å². The Morgan fingerprint density at radius 2 is 1.00 bits per heavy atom. The van der Waals surface area contributed by atoms with Gasteiger partial charge in [0.15, 0.2) is 0 Å². The molecule has 0 saturated carbocycles. The Balaban J connectivity index is 1.31. The molecule has 4 bridgehead atoms. The van der Waals surface area contributed by atoms with E-state index < -0.39 is 34.7 Å². The Bertz CT molecular complexity index is 635. The molecule has 6 saturated heterocycles. The van der Waals surface area contributed by atoms with E-state index in [9.17, 15) is 8.42 Å². The fourth-order valence-corrected chi connectivity index (χ4v) is 7.29. The van der Waals surface area contributed by atoms with Gasteiger partial charge in [-0.05, 0) is 23.6 Å².